The van der Waals surface area contributed by atoms with Crippen LogP contribution in [-0.2, 0) is 11.2 Å². The first-order chi connectivity index (χ1) is 11.5. The van der Waals surface area contributed by atoms with E-state index in [9.17, 15) is 9.59 Å². The van der Waals surface area contributed by atoms with Crippen molar-refractivity contribution in [3.8, 4) is 0 Å². The first-order valence-corrected chi connectivity index (χ1v) is 9.84. The largest absolute Gasteiger partial charge is 0.324 e. The molecule has 24 heavy (non-hydrogen) atoms. The number of aromatic nitrogens is 2. The SMILES string of the molecule is CCCc1cc(=O)[nH]c(S[C@H](C)C(=O)Nc2ccccc2SC)n1. The standard InChI is InChI=1S/C17H21N3O2S2/c1-4-7-12-10-15(21)20-17(18-12)24-11(2)16(22)19-13-8-5-6-9-14(13)23-3/h5-6,8-11H,4,7H2,1-3H3,(H,19,22)(H,18,20,21)/t11-/m1/s1. The van der Waals surface area contributed by atoms with Gasteiger partial charge in [0.05, 0.1) is 10.9 Å². The summed E-state index contributed by atoms with van der Waals surface area (Å²) in [6.45, 7) is 3.84. The molecule has 0 fully saturated rings. The van der Waals surface area contributed by atoms with Gasteiger partial charge in [-0.3, -0.25) is 9.59 Å². The van der Waals surface area contributed by atoms with Gasteiger partial charge >= 0.3 is 0 Å². The Labute approximate surface area is 150 Å². The molecule has 1 amide bonds. The Bertz CT molecular complexity index is 761. The second-order valence-corrected chi connectivity index (χ2v) is 7.42. The van der Waals surface area contributed by atoms with E-state index in [1.165, 1.54) is 17.8 Å². The molecule has 0 saturated heterocycles. The van der Waals surface area contributed by atoms with Crippen molar-refractivity contribution in [3.63, 3.8) is 0 Å². The van der Waals surface area contributed by atoms with Crippen LogP contribution in [0, 0.1) is 0 Å². The zero-order chi connectivity index (χ0) is 17.5. The Morgan fingerprint density at radius 1 is 1.38 bits per heavy atom. The van der Waals surface area contributed by atoms with Crippen LogP contribution in [0.15, 0.2) is 45.2 Å². The fraction of sp³-hybridized carbons (Fsp3) is 0.353. The molecule has 0 saturated carbocycles. The molecule has 128 valence electrons. The zero-order valence-electron chi connectivity index (χ0n) is 14.0. The lowest BCUT2D eigenvalue weighted by molar-refractivity contribution is -0.115. The molecular weight excluding hydrogens is 342 g/mol. The van der Waals surface area contributed by atoms with Crippen LogP contribution >= 0.6 is 23.5 Å². The number of anilines is 1. The number of nitrogens with zero attached hydrogens (tertiary/aromatic N) is 1. The number of aryl methyl sites for hydroxylation is 1. The van der Waals surface area contributed by atoms with Gasteiger partial charge in [0, 0.05) is 16.7 Å². The van der Waals surface area contributed by atoms with Gasteiger partial charge in [-0.15, -0.1) is 11.8 Å². The van der Waals surface area contributed by atoms with Gasteiger partial charge in [0.1, 0.15) is 0 Å². The number of thioether (sulfide) groups is 2. The highest BCUT2D eigenvalue weighted by Gasteiger charge is 2.17. The van der Waals surface area contributed by atoms with Crippen LogP contribution in [0.4, 0.5) is 5.69 Å². The van der Waals surface area contributed by atoms with Crippen LogP contribution in [0.5, 0.6) is 0 Å². The van der Waals surface area contributed by atoms with Crippen LogP contribution in [0.1, 0.15) is 26.0 Å². The number of hydrogen-bond acceptors (Lipinski definition) is 5. The van der Waals surface area contributed by atoms with Crippen LogP contribution in [0.25, 0.3) is 0 Å². The van der Waals surface area contributed by atoms with Gasteiger partial charge in [0.15, 0.2) is 5.16 Å². The topological polar surface area (TPSA) is 74.8 Å². The minimum atomic E-state index is -0.375. The van der Waals surface area contributed by atoms with E-state index in [4.69, 9.17) is 0 Å². The monoisotopic (exact) mass is 363 g/mol. The first-order valence-electron chi connectivity index (χ1n) is 7.74. The summed E-state index contributed by atoms with van der Waals surface area (Å²) in [5.74, 6) is -0.120. The number of amides is 1. The van der Waals surface area contributed by atoms with Crippen molar-refractivity contribution >= 4 is 35.1 Å². The highest BCUT2D eigenvalue weighted by molar-refractivity contribution is 8.00. The normalized spacial score (nSPS) is 12.0. The van der Waals surface area contributed by atoms with Gasteiger partial charge in [-0.25, -0.2) is 4.98 Å². The second kappa shape index (κ2) is 8.94. The van der Waals surface area contributed by atoms with E-state index in [0.717, 1.165) is 29.1 Å². The number of benzene rings is 1. The third-order valence-corrected chi connectivity index (χ3v) is 5.08. The quantitative estimate of drug-likeness (QED) is 0.581. The highest BCUT2D eigenvalue weighted by atomic mass is 32.2. The summed E-state index contributed by atoms with van der Waals surface area (Å²) >= 11 is 2.83. The molecule has 1 aromatic carbocycles. The zero-order valence-corrected chi connectivity index (χ0v) is 15.6. The summed E-state index contributed by atoms with van der Waals surface area (Å²) in [6, 6.07) is 9.18. The Morgan fingerprint density at radius 3 is 2.83 bits per heavy atom. The molecule has 2 aromatic rings. The molecule has 1 heterocycles. The van der Waals surface area contributed by atoms with E-state index >= 15 is 0 Å². The van der Waals surface area contributed by atoms with Crippen molar-refractivity contribution in [1.82, 2.24) is 9.97 Å². The Morgan fingerprint density at radius 2 is 2.12 bits per heavy atom. The summed E-state index contributed by atoms with van der Waals surface area (Å²) in [7, 11) is 0. The maximum Gasteiger partial charge on any atom is 0.251 e. The van der Waals surface area contributed by atoms with E-state index in [1.54, 1.807) is 18.7 Å². The van der Waals surface area contributed by atoms with Crippen LogP contribution in [0.3, 0.4) is 0 Å². The number of para-hydroxylation sites is 1. The van der Waals surface area contributed by atoms with Gasteiger partial charge in [-0.2, -0.15) is 0 Å². The molecule has 1 atom stereocenters. The van der Waals surface area contributed by atoms with Crippen molar-refractivity contribution in [2.24, 2.45) is 0 Å². The first kappa shape index (κ1) is 18.6. The number of carbonyl (C=O) groups is 1. The highest BCUT2D eigenvalue weighted by Crippen LogP contribution is 2.26. The average molecular weight is 364 g/mol. The van der Waals surface area contributed by atoms with Gasteiger partial charge < -0.3 is 10.3 Å². The van der Waals surface area contributed by atoms with Gasteiger partial charge in [-0.05, 0) is 31.7 Å². The molecule has 0 aliphatic rings. The number of carbonyl (C=O) groups excluding carboxylic acids is 1. The second-order valence-electron chi connectivity index (χ2n) is 5.24. The molecule has 2 N–H and O–H groups in total. The van der Waals surface area contributed by atoms with Crippen LogP contribution in [-0.4, -0.2) is 27.4 Å². The molecule has 1 aromatic heterocycles. The Kier molecular flexibility index (Phi) is 6.93. The lowest BCUT2D eigenvalue weighted by Crippen LogP contribution is -2.23. The van der Waals surface area contributed by atoms with Crippen LogP contribution < -0.4 is 10.9 Å². The van der Waals surface area contributed by atoms with E-state index in [0.29, 0.717) is 5.16 Å². The number of rotatable bonds is 7. The van der Waals surface area contributed by atoms with E-state index in [-0.39, 0.29) is 16.7 Å². The molecule has 2 rings (SSSR count). The number of hydrogen-bond donors (Lipinski definition) is 2. The third-order valence-electron chi connectivity index (χ3n) is 3.30. The minimum absolute atomic E-state index is 0.120. The fourth-order valence-corrected chi connectivity index (χ4v) is 3.51. The lowest BCUT2D eigenvalue weighted by Gasteiger charge is -2.13. The molecule has 0 spiro atoms. The Balaban J connectivity index is 2.07. The third kappa shape index (κ3) is 5.14. The predicted octanol–water partition coefficient (Wildman–Crippen LogP) is 3.56. The number of nitrogens with one attached hydrogen (secondary N) is 2. The van der Waals surface area contributed by atoms with Gasteiger partial charge in [-0.1, -0.05) is 37.2 Å². The molecule has 0 unspecified atom stereocenters. The average Bonchev–Trinajstić information content (AvgIpc) is 2.55. The smallest absolute Gasteiger partial charge is 0.251 e. The number of aromatic amines is 1. The predicted molar refractivity (Wildman–Crippen MR) is 101 cm³/mol. The fourth-order valence-electron chi connectivity index (χ4n) is 2.13. The van der Waals surface area contributed by atoms with Gasteiger partial charge in [0.25, 0.3) is 5.56 Å². The maximum atomic E-state index is 12.4. The summed E-state index contributed by atoms with van der Waals surface area (Å²) in [4.78, 5) is 32.2. The minimum Gasteiger partial charge on any atom is -0.324 e. The lowest BCUT2D eigenvalue weighted by atomic mass is 10.2. The van der Waals surface area contributed by atoms with Crippen molar-refractivity contribution < 1.29 is 4.79 Å². The summed E-state index contributed by atoms with van der Waals surface area (Å²) in [5, 5.41) is 3.04. The Hall–Kier alpha value is -1.73. The number of H-pyrrole nitrogens is 1. The van der Waals surface area contributed by atoms with Gasteiger partial charge in [0.2, 0.25) is 5.91 Å². The van der Waals surface area contributed by atoms with E-state index in [2.05, 4.69) is 15.3 Å². The molecule has 7 heteroatoms. The molecule has 5 nitrogen and oxygen atoms in total. The molecule has 0 aliphatic carbocycles. The van der Waals surface area contributed by atoms with Crippen molar-refractivity contribution in [3.05, 3.63) is 46.4 Å². The van der Waals surface area contributed by atoms with E-state index < -0.39 is 0 Å². The molecule has 0 radical (unpaired) electrons. The molecular formula is C17H21N3O2S2. The van der Waals surface area contributed by atoms with Crippen LogP contribution in [0.2, 0.25) is 0 Å². The molecule has 0 aliphatic heterocycles. The summed E-state index contributed by atoms with van der Waals surface area (Å²) in [6.07, 6.45) is 3.64. The van der Waals surface area contributed by atoms with Crippen molar-refractivity contribution in [2.45, 2.75) is 42.0 Å². The molecule has 0 bridgehead atoms. The van der Waals surface area contributed by atoms with E-state index in [1.807, 2.05) is 37.4 Å². The van der Waals surface area contributed by atoms with Crippen molar-refractivity contribution in [2.75, 3.05) is 11.6 Å². The summed E-state index contributed by atoms with van der Waals surface area (Å²) in [5.41, 5.74) is 1.36. The summed E-state index contributed by atoms with van der Waals surface area (Å²) < 4.78 is 0. The maximum absolute atomic E-state index is 12.4. The van der Waals surface area contributed by atoms with Crippen molar-refractivity contribution in [1.29, 1.82) is 0 Å².